The van der Waals surface area contributed by atoms with Crippen molar-refractivity contribution in [3.8, 4) is 11.5 Å². The molecule has 1 aromatic carbocycles. The average molecular weight is 262 g/mol. The van der Waals surface area contributed by atoms with Gasteiger partial charge >= 0.3 is 0 Å². The van der Waals surface area contributed by atoms with Crippen LogP contribution < -0.4 is 14.8 Å². The van der Waals surface area contributed by atoms with E-state index in [4.69, 9.17) is 21.7 Å². The molecule has 0 unspecified atom stereocenters. The number of anilines is 1. The molecule has 0 bridgehead atoms. The molecule has 0 fully saturated rings. The van der Waals surface area contributed by atoms with Crippen molar-refractivity contribution in [2.75, 3.05) is 12.1 Å². The molecular weight excluding hydrogens is 252 g/mol. The van der Waals surface area contributed by atoms with Crippen LogP contribution in [0.3, 0.4) is 0 Å². The summed E-state index contributed by atoms with van der Waals surface area (Å²) >= 11 is 4.89. The first-order valence-corrected chi connectivity index (χ1v) is 5.76. The molecule has 0 aliphatic carbocycles. The van der Waals surface area contributed by atoms with Crippen LogP contribution in [0.2, 0.25) is 0 Å². The van der Waals surface area contributed by atoms with Gasteiger partial charge in [-0.15, -0.1) is 0 Å². The molecule has 18 heavy (non-hydrogen) atoms. The lowest BCUT2D eigenvalue weighted by Gasteiger charge is -2.05. The van der Waals surface area contributed by atoms with Crippen LogP contribution in [0.1, 0.15) is 5.56 Å². The zero-order chi connectivity index (χ0) is 12.4. The fraction of sp³-hybridized carbons (Fsp3) is 0.182. The number of ether oxygens (including phenoxy) is 2. The maximum atomic E-state index is 5.31. The SMILES string of the molecule is S=c1nc(NCc2ccc3c(c2)OCO3)cn[nH]1. The van der Waals surface area contributed by atoms with Crippen LogP contribution in [0.25, 0.3) is 0 Å². The molecule has 2 heterocycles. The Hall–Kier alpha value is -2.15. The monoisotopic (exact) mass is 262 g/mol. The van der Waals surface area contributed by atoms with Gasteiger partial charge in [-0.25, -0.2) is 4.98 Å². The third kappa shape index (κ3) is 2.25. The van der Waals surface area contributed by atoms with E-state index in [2.05, 4.69) is 20.5 Å². The van der Waals surface area contributed by atoms with Gasteiger partial charge in [-0.3, -0.25) is 5.10 Å². The third-order valence-corrected chi connectivity index (χ3v) is 2.66. The molecule has 6 nitrogen and oxygen atoms in total. The van der Waals surface area contributed by atoms with Crippen LogP contribution >= 0.6 is 12.2 Å². The van der Waals surface area contributed by atoms with Gasteiger partial charge in [0.2, 0.25) is 11.6 Å². The number of H-pyrrole nitrogens is 1. The molecule has 0 saturated heterocycles. The van der Waals surface area contributed by atoms with Gasteiger partial charge in [0.15, 0.2) is 11.5 Å². The molecule has 0 amide bonds. The molecule has 0 atom stereocenters. The summed E-state index contributed by atoms with van der Waals surface area (Å²) in [5.74, 6) is 2.18. The van der Waals surface area contributed by atoms with E-state index in [1.54, 1.807) is 6.20 Å². The van der Waals surface area contributed by atoms with E-state index in [1.807, 2.05) is 18.2 Å². The highest BCUT2D eigenvalue weighted by atomic mass is 32.1. The van der Waals surface area contributed by atoms with Crippen molar-refractivity contribution in [1.29, 1.82) is 0 Å². The fourth-order valence-corrected chi connectivity index (χ4v) is 1.79. The van der Waals surface area contributed by atoms with Crippen molar-refractivity contribution < 1.29 is 9.47 Å². The van der Waals surface area contributed by atoms with Gasteiger partial charge in [-0.05, 0) is 29.9 Å². The minimum atomic E-state index is 0.283. The van der Waals surface area contributed by atoms with Crippen molar-refractivity contribution in [3.05, 3.63) is 34.7 Å². The van der Waals surface area contributed by atoms with Crippen LogP contribution in [0.4, 0.5) is 5.82 Å². The lowest BCUT2D eigenvalue weighted by molar-refractivity contribution is 0.174. The molecule has 3 rings (SSSR count). The highest BCUT2D eigenvalue weighted by Crippen LogP contribution is 2.32. The Kier molecular flexibility index (Phi) is 2.81. The van der Waals surface area contributed by atoms with E-state index in [-0.39, 0.29) is 6.79 Å². The maximum absolute atomic E-state index is 5.31. The maximum Gasteiger partial charge on any atom is 0.231 e. The first-order chi connectivity index (χ1) is 8.81. The van der Waals surface area contributed by atoms with Gasteiger partial charge in [0.25, 0.3) is 0 Å². The Bertz CT molecular complexity index is 628. The van der Waals surface area contributed by atoms with E-state index in [9.17, 15) is 0 Å². The summed E-state index contributed by atoms with van der Waals surface area (Å²) < 4.78 is 10.9. The van der Waals surface area contributed by atoms with Gasteiger partial charge in [0.1, 0.15) is 5.82 Å². The van der Waals surface area contributed by atoms with Gasteiger partial charge in [-0.2, -0.15) is 5.10 Å². The number of hydrogen-bond donors (Lipinski definition) is 2. The average Bonchev–Trinajstić information content (AvgIpc) is 2.84. The third-order valence-electron chi connectivity index (χ3n) is 2.48. The zero-order valence-corrected chi connectivity index (χ0v) is 10.2. The molecule has 2 N–H and O–H groups in total. The Balaban J connectivity index is 1.72. The summed E-state index contributed by atoms with van der Waals surface area (Å²) in [5.41, 5.74) is 1.07. The fourth-order valence-electron chi connectivity index (χ4n) is 1.64. The highest BCUT2D eigenvalue weighted by Gasteiger charge is 2.12. The molecule has 92 valence electrons. The Morgan fingerprint density at radius 3 is 3.11 bits per heavy atom. The smallest absolute Gasteiger partial charge is 0.231 e. The molecule has 2 aromatic rings. The van der Waals surface area contributed by atoms with Crippen LogP contribution in [0, 0.1) is 4.77 Å². The summed E-state index contributed by atoms with van der Waals surface area (Å²) in [6, 6.07) is 5.80. The van der Waals surface area contributed by atoms with Crippen molar-refractivity contribution in [2.24, 2.45) is 0 Å². The van der Waals surface area contributed by atoms with E-state index < -0.39 is 0 Å². The number of nitrogens with zero attached hydrogens (tertiary/aromatic N) is 2. The number of fused-ring (bicyclic) bond motifs is 1. The summed E-state index contributed by atoms with van der Waals surface area (Å²) in [4.78, 5) is 4.09. The van der Waals surface area contributed by atoms with E-state index >= 15 is 0 Å². The molecule has 0 saturated carbocycles. The number of benzene rings is 1. The second-order valence-corrected chi connectivity index (χ2v) is 4.10. The van der Waals surface area contributed by atoms with Crippen LogP contribution in [-0.4, -0.2) is 22.0 Å². The molecule has 0 spiro atoms. The number of hydrogen-bond acceptors (Lipinski definition) is 6. The van der Waals surface area contributed by atoms with Gasteiger partial charge in [0.05, 0.1) is 6.20 Å². The minimum Gasteiger partial charge on any atom is -0.454 e. The molecular formula is C11H10N4O2S. The minimum absolute atomic E-state index is 0.283. The Labute approximate surface area is 108 Å². The predicted molar refractivity (Wildman–Crippen MR) is 67.1 cm³/mol. The quantitative estimate of drug-likeness (QED) is 0.823. The van der Waals surface area contributed by atoms with E-state index in [0.29, 0.717) is 17.1 Å². The molecule has 1 aromatic heterocycles. The largest absolute Gasteiger partial charge is 0.454 e. The van der Waals surface area contributed by atoms with Gasteiger partial charge in [-0.1, -0.05) is 6.07 Å². The summed E-state index contributed by atoms with van der Waals surface area (Å²) in [6.07, 6.45) is 1.59. The molecule has 1 aliphatic rings. The van der Waals surface area contributed by atoms with Crippen molar-refractivity contribution >= 4 is 18.0 Å². The van der Waals surface area contributed by atoms with Crippen molar-refractivity contribution in [3.63, 3.8) is 0 Å². The number of aromatic nitrogens is 3. The standard InChI is InChI=1S/C11H10N4O2S/c18-11-14-10(5-13-15-11)12-4-7-1-2-8-9(3-7)17-6-16-8/h1-3,5H,4,6H2,(H2,12,14,15,18). The Morgan fingerprint density at radius 2 is 2.22 bits per heavy atom. The number of aromatic amines is 1. The van der Waals surface area contributed by atoms with Crippen LogP contribution in [0.5, 0.6) is 11.5 Å². The van der Waals surface area contributed by atoms with Gasteiger partial charge in [0, 0.05) is 6.54 Å². The predicted octanol–water partition coefficient (Wildman–Crippen LogP) is 1.87. The Morgan fingerprint density at radius 1 is 1.33 bits per heavy atom. The second-order valence-electron chi connectivity index (χ2n) is 3.71. The number of nitrogens with one attached hydrogen (secondary N) is 2. The topological polar surface area (TPSA) is 72.1 Å². The summed E-state index contributed by atoms with van der Waals surface area (Å²) in [6.45, 7) is 0.898. The molecule has 1 aliphatic heterocycles. The lowest BCUT2D eigenvalue weighted by atomic mass is 10.2. The summed E-state index contributed by atoms with van der Waals surface area (Å²) in [5, 5.41) is 9.57. The zero-order valence-electron chi connectivity index (χ0n) is 9.34. The lowest BCUT2D eigenvalue weighted by Crippen LogP contribution is -2.02. The van der Waals surface area contributed by atoms with Crippen LogP contribution in [0.15, 0.2) is 24.4 Å². The van der Waals surface area contributed by atoms with E-state index in [0.717, 1.165) is 17.1 Å². The van der Waals surface area contributed by atoms with E-state index in [1.165, 1.54) is 0 Å². The summed E-state index contributed by atoms with van der Waals surface area (Å²) in [7, 11) is 0. The highest BCUT2D eigenvalue weighted by molar-refractivity contribution is 7.71. The van der Waals surface area contributed by atoms with Crippen molar-refractivity contribution in [2.45, 2.75) is 6.54 Å². The van der Waals surface area contributed by atoms with Gasteiger partial charge < -0.3 is 14.8 Å². The first kappa shape index (κ1) is 11.0. The number of rotatable bonds is 3. The molecule has 7 heteroatoms. The normalized spacial score (nSPS) is 12.4. The van der Waals surface area contributed by atoms with Crippen molar-refractivity contribution in [1.82, 2.24) is 15.2 Å². The first-order valence-electron chi connectivity index (χ1n) is 5.35. The second kappa shape index (κ2) is 4.61. The van der Waals surface area contributed by atoms with Crippen LogP contribution in [-0.2, 0) is 6.54 Å². The molecule has 0 radical (unpaired) electrons.